The molecule has 1 aliphatic rings. The van der Waals surface area contributed by atoms with Crippen molar-refractivity contribution in [2.45, 2.75) is 25.3 Å². The van der Waals surface area contributed by atoms with Crippen LogP contribution in [0.4, 0.5) is 0 Å². The topological polar surface area (TPSA) is 59.6 Å². The Balaban J connectivity index is 1.80. The van der Waals surface area contributed by atoms with Gasteiger partial charge in [0.05, 0.1) is 13.2 Å². The lowest BCUT2D eigenvalue weighted by Gasteiger charge is -2.05. The van der Waals surface area contributed by atoms with E-state index >= 15 is 0 Å². The van der Waals surface area contributed by atoms with Gasteiger partial charge in [0.25, 0.3) is 0 Å². The number of hydroxylamine groups is 1. The van der Waals surface area contributed by atoms with E-state index in [0.29, 0.717) is 32.2 Å². The molecule has 5 nitrogen and oxygen atoms in total. The summed E-state index contributed by atoms with van der Waals surface area (Å²) in [6.07, 6.45) is 2.72. The van der Waals surface area contributed by atoms with E-state index in [-0.39, 0.29) is 5.91 Å². The molecule has 0 aromatic heterocycles. The molecule has 0 aromatic carbocycles. The van der Waals surface area contributed by atoms with Crippen LogP contribution < -0.4 is 10.8 Å². The zero-order valence-electron chi connectivity index (χ0n) is 8.54. The fourth-order valence-corrected chi connectivity index (χ4v) is 0.961. The Hall–Kier alpha value is -0.650. The lowest BCUT2D eigenvalue weighted by Crippen LogP contribution is -2.29. The average Bonchev–Trinajstić information content (AvgIpc) is 2.95. The molecule has 1 saturated carbocycles. The lowest BCUT2D eigenvalue weighted by atomic mass is 10.4. The van der Waals surface area contributed by atoms with E-state index in [9.17, 15) is 4.79 Å². The molecule has 1 rings (SSSR count). The summed E-state index contributed by atoms with van der Waals surface area (Å²) in [6, 6.07) is 0.442. The maximum Gasteiger partial charge on any atom is 0.221 e. The molecule has 0 heterocycles. The summed E-state index contributed by atoms with van der Waals surface area (Å²) in [5.74, 6) is 0.0929. The number of carbonyl (C=O) groups is 1. The molecule has 0 saturated heterocycles. The van der Waals surface area contributed by atoms with Gasteiger partial charge >= 0.3 is 0 Å². The highest BCUT2D eigenvalue weighted by molar-refractivity contribution is 5.76. The smallest absolute Gasteiger partial charge is 0.221 e. The first kappa shape index (κ1) is 11.4. The Morgan fingerprint density at radius 2 is 2.21 bits per heavy atom. The Bertz CT molecular complexity index is 171. The van der Waals surface area contributed by atoms with Crippen LogP contribution >= 0.6 is 0 Å². The quantitative estimate of drug-likeness (QED) is 0.423. The minimum Gasteiger partial charge on any atom is -0.382 e. The maximum atomic E-state index is 11.2. The molecule has 0 aliphatic heterocycles. The van der Waals surface area contributed by atoms with Crippen LogP contribution in [0, 0.1) is 0 Å². The van der Waals surface area contributed by atoms with Gasteiger partial charge in [-0.05, 0) is 12.8 Å². The van der Waals surface area contributed by atoms with Gasteiger partial charge < -0.3 is 10.1 Å². The minimum atomic E-state index is 0.0929. The van der Waals surface area contributed by atoms with Crippen LogP contribution in [0.5, 0.6) is 0 Å². The van der Waals surface area contributed by atoms with Gasteiger partial charge in [0.15, 0.2) is 0 Å². The number of amides is 1. The van der Waals surface area contributed by atoms with Crippen molar-refractivity contribution in [3.8, 4) is 0 Å². The Morgan fingerprint density at radius 3 is 2.86 bits per heavy atom. The van der Waals surface area contributed by atoms with Crippen LogP contribution in [0.1, 0.15) is 19.3 Å². The van der Waals surface area contributed by atoms with Crippen LogP contribution in [-0.2, 0) is 14.4 Å². The van der Waals surface area contributed by atoms with E-state index in [1.54, 1.807) is 7.11 Å². The Kier molecular flexibility index (Phi) is 5.51. The molecular formula is C9H18N2O3. The van der Waals surface area contributed by atoms with E-state index < -0.39 is 0 Å². The zero-order chi connectivity index (χ0) is 10.2. The van der Waals surface area contributed by atoms with Crippen molar-refractivity contribution < 1.29 is 14.4 Å². The van der Waals surface area contributed by atoms with Gasteiger partial charge in [0, 0.05) is 26.1 Å². The highest BCUT2D eigenvalue weighted by atomic mass is 16.7. The van der Waals surface area contributed by atoms with Crippen molar-refractivity contribution in [2.75, 3.05) is 26.9 Å². The number of nitrogens with one attached hydrogen (secondary N) is 2. The Labute approximate surface area is 84.1 Å². The average molecular weight is 202 g/mol. The summed E-state index contributed by atoms with van der Waals surface area (Å²) in [5, 5.41) is 2.90. The molecule has 14 heavy (non-hydrogen) atoms. The first-order valence-electron chi connectivity index (χ1n) is 4.96. The third kappa shape index (κ3) is 5.90. The zero-order valence-corrected chi connectivity index (χ0v) is 8.54. The van der Waals surface area contributed by atoms with Gasteiger partial charge in [0.2, 0.25) is 5.91 Å². The van der Waals surface area contributed by atoms with Crippen LogP contribution in [-0.4, -0.2) is 38.8 Å². The van der Waals surface area contributed by atoms with Crippen molar-refractivity contribution >= 4 is 5.91 Å². The molecule has 0 atom stereocenters. The molecule has 0 aromatic rings. The second-order valence-corrected chi connectivity index (χ2v) is 3.33. The molecule has 5 heteroatoms. The predicted octanol–water partition coefficient (Wildman–Crippen LogP) is -0.177. The highest BCUT2D eigenvalue weighted by Gasteiger charge is 2.22. The van der Waals surface area contributed by atoms with E-state index in [0.717, 1.165) is 12.8 Å². The van der Waals surface area contributed by atoms with Crippen LogP contribution in [0.3, 0.4) is 0 Å². The highest BCUT2D eigenvalue weighted by Crippen LogP contribution is 2.18. The van der Waals surface area contributed by atoms with E-state index in [2.05, 4.69) is 10.8 Å². The van der Waals surface area contributed by atoms with Crippen molar-refractivity contribution in [1.82, 2.24) is 10.8 Å². The van der Waals surface area contributed by atoms with Gasteiger partial charge in [-0.3, -0.25) is 9.63 Å². The summed E-state index contributed by atoms with van der Waals surface area (Å²) < 4.78 is 4.79. The first-order valence-corrected chi connectivity index (χ1v) is 4.96. The fraction of sp³-hybridized carbons (Fsp3) is 0.889. The van der Waals surface area contributed by atoms with Crippen LogP contribution in [0.15, 0.2) is 0 Å². The molecule has 0 bridgehead atoms. The van der Waals surface area contributed by atoms with Gasteiger partial charge in [-0.2, -0.15) is 0 Å². The number of carbonyl (C=O) groups excluding carboxylic acids is 1. The van der Waals surface area contributed by atoms with Crippen molar-refractivity contribution in [3.05, 3.63) is 0 Å². The normalized spacial score (nSPS) is 15.5. The third-order valence-corrected chi connectivity index (χ3v) is 1.89. The van der Waals surface area contributed by atoms with Gasteiger partial charge in [-0.25, -0.2) is 5.48 Å². The Morgan fingerprint density at radius 1 is 1.43 bits per heavy atom. The molecule has 0 radical (unpaired) electrons. The van der Waals surface area contributed by atoms with Gasteiger partial charge in [-0.1, -0.05) is 0 Å². The monoisotopic (exact) mass is 202 g/mol. The molecule has 82 valence electrons. The van der Waals surface area contributed by atoms with Crippen molar-refractivity contribution in [1.29, 1.82) is 0 Å². The standard InChI is InChI=1S/C9H18N2O3/c1-13-6-7-14-10-5-4-9(12)11-8-2-3-8/h8,10H,2-7H2,1H3,(H,11,12). The fourth-order valence-electron chi connectivity index (χ4n) is 0.961. The summed E-state index contributed by atoms with van der Waals surface area (Å²) in [6.45, 7) is 1.60. The van der Waals surface area contributed by atoms with Gasteiger partial charge in [0.1, 0.15) is 0 Å². The minimum absolute atomic E-state index is 0.0929. The van der Waals surface area contributed by atoms with Crippen molar-refractivity contribution in [2.24, 2.45) is 0 Å². The van der Waals surface area contributed by atoms with Crippen LogP contribution in [0.25, 0.3) is 0 Å². The number of rotatable bonds is 8. The maximum absolute atomic E-state index is 11.2. The summed E-state index contributed by atoms with van der Waals surface area (Å²) in [5.41, 5.74) is 2.70. The van der Waals surface area contributed by atoms with Crippen molar-refractivity contribution in [3.63, 3.8) is 0 Å². The number of hydrogen-bond donors (Lipinski definition) is 2. The SMILES string of the molecule is COCCONCCC(=O)NC1CC1. The van der Waals surface area contributed by atoms with E-state index in [4.69, 9.17) is 9.57 Å². The second kappa shape index (κ2) is 6.75. The second-order valence-electron chi connectivity index (χ2n) is 3.33. The lowest BCUT2D eigenvalue weighted by molar-refractivity contribution is -0.121. The number of hydrogen-bond acceptors (Lipinski definition) is 4. The first-order chi connectivity index (χ1) is 6.83. The molecule has 1 amide bonds. The molecular weight excluding hydrogens is 184 g/mol. The molecule has 1 fully saturated rings. The molecule has 1 aliphatic carbocycles. The predicted molar refractivity (Wildman–Crippen MR) is 51.6 cm³/mol. The van der Waals surface area contributed by atoms with Gasteiger partial charge in [-0.15, -0.1) is 0 Å². The molecule has 2 N–H and O–H groups in total. The van der Waals surface area contributed by atoms with E-state index in [1.807, 2.05) is 0 Å². The third-order valence-electron chi connectivity index (χ3n) is 1.89. The van der Waals surface area contributed by atoms with E-state index in [1.165, 1.54) is 0 Å². The summed E-state index contributed by atoms with van der Waals surface area (Å²) >= 11 is 0. The molecule has 0 spiro atoms. The van der Waals surface area contributed by atoms with Crippen LogP contribution in [0.2, 0.25) is 0 Å². The molecule has 0 unspecified atom stereocenters. The summed E-state index contributed by atoms with van der Waals surface area (Å²) in [7, 11) is 1.62. The number of methoxy groups -OCH3 is 1. The number of ether oxygens (including phenoxy) is 1. The largest absolute Gasteiger partial charge is 0.382 e. The summed E-state index contributed by atoms with van der Waals surface area (Å²) in [4.78, 5) is 16.1.